The molecular formula is C14H16BrF4NO. The van der Waals surface area contributed by atoms with E-state index in [9.17, 15) is 22.4 Å². The predicted molar refractivity (Wildman–Crippen MR) is 75.9 cm³/mol. The zero-order valence-electron chi connectivity index (χ0n) is 11.6. The monoisotopic (exact) mass is 369 g/mol. The van der Waals surface area contributed by atoms with E-state index in [1.54, 1.807) is 0 Å². The Labute approximate surface area is 129 Å². The number of alkyl halides is 4. The highest BCUT2D eigenvalue weighted by Crippen LogP contribution is 2.31. The Morgan fingerprint density at radius 1 is 1.33 bits per heavy atom. The van der Waals surface area contributed by atoms with Crippen LogP contribution in [0.25, 0.3) is 0 Å². The van der Waals surface area contributed by atoms with Crippen molar-refractivity contribution in [2.45, 2.75) is 31.3 Å². The summed E-state index contributed by atoms with van der Waals surface area (Å²) in [5.74, 6) is -1.63. The number of amides is 1. The Morgan fingerprint density at radius 3 is 2.48 bits per heavy atom. The molecule has 0 radical (unpaired) electrons. The molecule has 1 aromatic carbocycles. The molecule has 1 unspecified atom stereocenters. The fourth-order valence-electron chi connectivity index (χ4n) is 1.78. The third-order valence-corrected chi connectivity index (χ3v) is 3.44. The number of rotatable bonds is 5. The zero-order chi connectivity index (χ0) is 16.2. The fourth-order valence-corrected chi connectivity index (χ4v) is 2.69. The molecule has 1 rings (SSSR count). The molecular weight excluding hydrogens is 354 g/mol. The van der Waals surface area contributed by atoms with Crippen LogP contribution in [0, 0.1) is 11.7 Å². The standard InChI is InChI=1S/C14H16BrF4NO/c1-8(2)5-10(15)7-20-13(21)9-3-4-12(16)11(6-9)14(17,18)19/h3-4,6,8,10H,5,7H2,1-2H3,(H,20,21). The Kier molecular flexibility index (Phi) is 6.19. The summed E-state index contributed by atoms with van der Waals surface area (Å²) in [5.41, 5.74) is -1.65. The van der Waals surface area contributed by atoms with Gasteiger partial charge in [-0.3, -0.25) is 4.79 Å². The summed E-state index contributed by atoms with van der Waals surface area (Å²) >= 11 is 3.38. The first-order valence-electron chi connectivity index (χ1n) is 6.40. The second-order valence-electron chi connectivity index (χ2n) is 5.13. The van der Waals surface area contributed by atoms with Gasteiger partial charge in [-0.15, -0.1) is 0 Å². The van der Waals surface area contributed by atoms with Crippen molar-refractivity contribution in [1.82, 2.24) is 5.32 Å². The molecule has 0 bridgehead atoms. The van der Waals surface area contributed by atoms with Crippen molar-refractivity contribution in [2.24, 2.45) is 5.92 Å². The molecule has 0 saturated heterocycles. The maximum Gasteiger partial charge on any atom is 0.419 e. The molecule has 1 N–H and O–H groups in total. The highest BCUT2D eigenvalue weighted by atomic mass is 79.9. The molecule has 0 fully saturated rings. The number of carbonyl (C=O) groups excluding carboxylic acids is 1. The van der Waals surface area contributed by atoms with Crippen molar-refractivity contribution in [3.05, 3.63) is 35.1 Å². The Bertz CT molecular complexity index is 502. The molecule has 0 aliphatic rings. The molecule has 0 heterocycles. The number of carbonyl (C=O) groups is 1. The molecule has 1 atom stereocenters. The first-order valence-corrected chi connectivity index (χ1v) is 7.31. The second kappa shape index (κ2) is 7.24. The van der Waals surface area contributed by atoms with Crippen LogP contribution in [-0.2, 0) is 6.18 Å². The Balaban J connectivity index is 2.75. The Hall–Kier alpha value is -1.11. The molecule has 1 aromatic rings. The van der Waals surface area contributed by atoms with E-state index < -0.39 is 23.5 Å². The quantitative estimate of drug-likeness (QED) is 0.605. The van der Waals surface area contributed by atoms with Gasteiger partial charge in [0.25, 0.3) is 5.91 Å². The summed E-state index contributed by atoms with van der Waals surface area (Å²) in [7, 11) is 0. The van der Waals surface area contributed by atoms with Crippen LogP contribution in [0.3, 0.4) is 0 Å². The Morgan fingerprint density at radius 2 is 1.95 bits per heavy atom. The van der Waals surface area contributed by atoms with E-state index in [0.717, 1.165) is 12.5 Å². The van der Waals surface area contributed by atoms with Gasteiger partial charge in [-0.2, -0.15) is 13.2 Å². The van der Waals surface area contributed by atoms with Gasteiger partial charge >= 0.3 is 6.18 Å². The van der Waals surface area contributed by atoms with Gasteiger partial charge in [0.15, 0.2) is 0 Å². The molecule has 0 aliphatic carbocycles. The molecule has 1 amide bonds. The number of hydrogen-bond acceptors (Lipinski definition) is 1. The van der Waals surface area contributed by atoms with Crippen LogP contribution in [0.5, 0.6) is 0 Å². The molecule has 0 spiro atoms. The number of benzene rings is 1. The maximum absolute atomic E-state index is 13.1. The SMILES string of the molecule is CC(C)CC(Br)CNC(=O)c1ccc(F)c(C(F)(F)F)c1. The van der Waals surface area contributed by atoms with Crippen molar-refractivity contribution in [2.75, 3.05) is 6.54 Å². The van der Waals surface area contributed by atoms with E-state index >= 15 is 0 Å². The lowest BCUT2D eigenvalue weighted by atomic mass is 10.1. The number of nitrogens with one attached hydrogen (secondary N) is 1. The van der Waals surface area contributed by atoms with Crippen molar-refractivity contribution in [3.63, 3.8) is 0 Å². The third kappa shape index (κ3) is 5.65. The summed E-state index contributed by atoms with van der Waals surface area (Å²) in [6, 6.07) is 2.21. The minimum absolute atomic E-state index is 0.0315. The summed E-state index contributed by atoms with van der Waals surface area (Å²) in [6.07, 6.45) is -4.01. The number of hydrogen-bond donors (Lipinski definition) is 1. The van der Waals surface area contributed by atoms with Crippen LogP contribution >= 0.6 is 15.9 Å². The van der Waals surface area contributed by atoms with Crippen molar-refractivity contribution >= 4 is 21.8 Å². The number of halogens is 5. The lowest BCUT2D eigenvalue weighted by Crippen LogP contribution is -2.30. The minimum Gasteiger partial charge on any atom is -0.351 e. The molecule has 2 nitrogen and oxygen atoms in total. The van der Waals surface area contributed by atoms with E-state index in [1.165, 1.54) is 0 Å². The van der Waals surface area contributed by atoms with Crippen LogP contribution in [0.1, 0.15) is 36.2 Å². The zero-order valence-corrected chi connectivity index (χ0v) is 13.2. The van der Waals surface area contributed by atoms with Crippen molar-refractivity contribution in [3.8, 4) is 0 Å². The predicted octanol–water partition coefficient (Wildman–Crippen LogP) is 4.38. The lowest BCUT2D eigenvalue weighted by molar-refractivity contribution is -0.140. The van der Waals surface area contributed by atoms with Gasteiger partial charge < -0.3 is 5.32 Å². The summed E-state index contributed by atoms with van der Waals surface area (Å²) in [4.78, 5) is 11.8. The molecule has 118 valence electrons. The summed E-state index contributed by atoms with van der Waals surface area (Å²) in [5, 5.41) is 2.53. The maximum atomic E-state index is 13.1. The van der Waals surface area contributed by atoms with Gasteiger partial charge in [-0.05, 0) is 30.5 Å². The smallest absolute Gasteiger partial charge is 0.351 e. The van der Waals surface area contributed by atoms with E-state index in [0.29, 0.717) is 18.1 Å². The highest BCUT2D eigenvalue weighted by molar-refractivity contribution is 9.09. The van der Waals surface area contributed by atoms with Crippen LogP contribution in [0.4, 0.5) is 17.6 Å². The van der Waals surface area contributed by atoms with Gasteiger partial charge in [-0.1, -0.05) is 29.8 Å². The van der Waals surface area contributed by atoms with Gasteiger partial charge in [0.1, 0.15) is 5.82 Å². The van der Waals surface area contributed by atoms with Crippen molar-refractivity contribution < 1.29 is 22.4 Å². The van der Waals surface area contributed by atoms with Crippen LogP contribution in [-0.4, -0.2) is 17.3 Å². The van der Waals surface area contributed by atoms with Crippen LogP contribution in [0.15, 0.2) is 18.2 Å². The summed E-state index contributed by atoms with van der Waals surface area (Å²) < 4.78 is 50.8. The van der Waals surface area contributed by atoms with Gasteiger partial charge in [0.05, 0.1) is 5.56 Å². The van der Waals surface area contributed by atoms with Crippen LogP contribution < -0.4 is 5.32 Å². The third-order valence-electron chi connectivity index (χ3n) is 2.75. The summed E-state index contributed by atoms with van der Waals surface area (Å²) in [6.45, 7) is 4.33. The first kappa shape index (κ1) is 17.9. The van der Waals surface area contributed by atoms with E-state index in [1.807, 2.05) is 13.8 Å². The first-order chi connectivity index (χ1) is 9.61. The van der Waals surface area contributed by atoms with E-state index in [2.05, 4.69) is 21.2 Å². The second-order valence-corrected chi connectivity index (χ2v) is 6.42. The lowest BCUT2D eigenvalue weighted by Gasteiger charge is -2.14. The van der Waals surface area contributed by atoms with Crippen LogP contribution in [0.2, 0.25) is 0 Å². The van der Waals surface area contributed by atoms with E-state index in [4.69, 9.17) is 0 Å². The molecule has 0 saturated carbocycles. The van der Waals surface area contributed by atoms with Gasteiger partial charge in [0.2, 0.25) is 0 Å². The largest absolute Gasteiger partial charge is 0.419 e. The van der Waals surface area contributed by atoms with Gasteiger partial charge in [-0.25, -0.2) is 4.39 Å². The normalized spacial score (nSPS) is 13.3. The minimum atomic E-state index is -4.82. The molecule has 7 heteroatoms. The highest BCUT2D eigenvalue weighted by Gasteiger charge is 2.34. The van der Waals surface area contributed by atoms with Crippen molar-refractivity contribution in [1.29, 1.82) is 0 Å². The molecule has 0 aromatic heterocycles. The molecule has 21 heavy (non-hydrogen) atoms. The van der Waals surface area contributed by atoms with Gasteiger partial charge in [0, 0.05) is 16.9 Å². The average molecular weight is 370 g/mol. The fraction of sp³-hybridized carbons (Fsp3) is 0.500. The van der Waals surface area contributed by atoms with E-state index in [-0.39, 0.29) is 16.9 Å². The average Bonchev–Trinajstić information content (AvgIpc) is 2.34. The topological polar surface area (TPSA) is 29.1 Å². The molecule has 0 aliphatic heterocycles.